The van der Waals surface area contributed by atoms with Crippen molar-refractivity contribution in [1.29, 1.82) is 0 Å². The zero-order valence-electron chi connectivity index (χ0n) is 15.7. The fourth-order valence-corrected chi connectivity index (χ4v) is 3.25. The summed E-state index contributed by atoms with van der Waals surface area (Å²) in [5, 5.41) is 20.5. The van der Waals surface area contributed by atoms with E-state index in [1.165, 1.54) is 0 Å². The molecular weight excluding hydrogens is 323 g/mol. The van der Waals surface area contributed by atoms with E-state index in [-0.39, 0.29) is 18.1 Å². The van der Waals surface area contributed by atoms with Crippen molar-refractivity contribution in [2.24, 2.45) is 5.92 Å². The van der Waals surface area contributed by atoms with Crippen molar-refractivity contribution in [1.82, 2.24) is 0 Å². The van der Waals surface area contributed by atoms with Crippen LogP contribution in [0.1, 0.15) is 71.4 Å². The van der Waals surface area contributed by atoms with Crippen LogP contribution in [0.4, 0.5) is 4.39 Å². The molecule has 1 aromatic carbocycles. The van der Waals surface area contributed by atoms with Gasteiger partial charge in [-0.25, -0.2) is 4.39 Å². The Hall–Kier alpha value is -1.46. The van der Waals surface area contributed by atoms with Crippen molar-refractivity contribution in [2.75, 3.05) is 0 Å². The van der Waals surface area contributed by atoms with Gasteiger partial charge in [0, 0.05) is 5.92 Å². The topological polar surface area (TPSA) is 66.8 Å². The lowest BCUT2D eigenvalue weighted by atomic mass is 9.90. The molecule has 2 atom stereocenters. The van der Waals surface area contributed by atoms with Crippen LogP contribution in [0.5, 0.6) is 5.75 Å². The number of aliphatic hydroxyl groups is 2. The third-order valence-corrected chi connectivity index (χ3v) is 5.03. The first-order valence-electron chi connectivity index (χ1n) is 8.79. The van der Waals surface area contributed by atoms with Gasteiger partial charge in [-0.15, -0.1) is 0 Å². The number of esters is 1. The maximum atomic E-state index is 14.3. The van der Waals surface area contributed by atoms with Crippen LogP contribution < -0.4 is 4.74 Å². The zero-order chi connectivity index (χ0) is 19.0. The molecule has 0 aromatic heterocycles. The molecule has 0 saturated heterocycles. The molecule has 1 aliphatic carbocycles. The second kappa shape index (κ2) is 6.69. The van der Waals surface area contributed by atoms with Gasteiger partial charge in [-0.05, 0) is 83.2 Å². The summed E-state index contributed by atoms with van der Waals surface area (Å²) in [7, 11) is 0. The molecule has 4 nitrogen and oxygen atoms in total. The van der Waals surface area contributed by atoms with Gasteiger partial charge >= 0.3 is 5.97 Å². The van der Waals surface area contributed by atoms with Crippen LogP contribution in [-0.4, -0.2) is 21.9 Å². The monoisotopic (exact) mass is 352 g/mol. The Labute approximate surface area is 149 Å². The van der Waals surface area contributed by atoms with Gasteiger partial charge in [0.15, 0.2) is 0 Å². The minimum atomic E-state index is -1.33. The predicted octanol–water partition coefficient (Wildman–Crippen LogP) is 3.97. The lowest BCUT2D eigenvalue weighted by Crippen LogP contribution is -2.27. The lowest BCUT2D eigenvalue weighted by Gasteiger charge is -2.25. The van der Waals surface area contributed by atoms with Gasteiger partial charge in [0.2, 0.25) is 0 Å². The van der Waals surface area contributed by atoms with Gasteiger partial charge in [-0.3, -0.25) is 4.79 Å². The fourth-order valence-electron chi connectivity index (χ4n) is 3.25. The number of rotatable bonds is 5. The summed E-state index contributed by atoms with van der Waals surface area (Å²) in [5.74, 6) is -0.572. The maximum absolute atomic E-state index is 14.3. The minimum Gasteiger partial charge on any atom is -0.426 e. The standard InChI is InChI=1S/C20H29FO4/c1-18(2,23)14-9-15(19(3,4)24)11-16(10-14)25-17(22)12-13-7-6-8-20(13,5)21/h9-11,13,23-24H,6-8,12H2,1-5H3/t13-,20-/m0/s1. The Morgan fingerprint density at radius 1 is 1.20 bits per heavy atom. The third kappa shape index (κ3) is 5.02. The van der Waals surface area contributed by atoms with Crippen molar-refractivity contribution < 1.29 is 24.1 Å². The Morgan fingerprint density at radius 3 is 2.12 bits per heavy atom. The molecule has 1 aliphatic rings. The summed E-state index contributed by atoms with van der Waals surface area (Å²) in [6.45, 7) is 8.02. The number of carbonyl (C=O) groups is 1. The zero-order valence-corrected chi connectivity index (χ0v) is 15.7. The highest BCUT2D eigenvalue weighted by Gasteiger charge is 2.40. The summed E-state index contributed by atoms with van der Waals surface area (Å²) in [5.41, 5.74) is -2.56. The molecule has 2 rings (SSSR count). The Bertz CT molecular complexity index is 606. The highest BCUT2D eigenvalue weighted by molar-refractivity contribution is 5.73. The van der Waals surface area contributed by atoms with E-state index >= 15 is 0 Å². The average Bonchev–Trinajstić information content (AvgIpc) is 2.75. The summed E-state index contributed by atoms with van der Waals surface area (Å²) in [4.78, 5) is 12.3. The van der Waals surface area contributed by atoms with Crippen molar-refractivity contribution >= 4 is 5.97 Å². The lowest BCUT2D eigenvalue weighted by molar-refractivity contribution is -0.136. The van der Waals surface area contributed by atoms with E-state index in [0.29, 0.717) is 24.0 Å². The molecule has 0 bridgehead atoms. The van der Waals surface area contributed by atoms with Crippen LogP contribution in [0.25, 0.3) is 0 Å². The molecule has 1 saturated carbocycles. The summed E-state index contributed by atoms with van der Waals surface area (Å²) < 4.78 is 19.8. The normalized spacial score (nSPS) is 24.4. The molecular formula is C20H29FO4. The highest BCUT2D eigenvalue weighted by Crippen LogP contribution is 2.41. The van der Waals surface area contributed by atoms with Gasteiger partial charge in [-0.1, -0.05) is 0 Å². The first-order chi connectivity index (χ1) is 11.3. The number of hydrogen-bond donors (Lipinski definition) is 2. The predicted molar refractivity (Wildman–Crippen MR) is 94.0 cm³/mol. The van der Waals surface area contributed by atoms with Gasteiger partial charge in [0.05, 0.1) is 17.6 Å². The van der Waals surface area contributed by atoms with E-state index in [2.05, 4.69) is 0 Å². The Morgan fingerprint density at radius 2 is 1.72 bits per heavy atom. The SMILES string of the molecule is CC(C)(O)c1cc(OC(=O)C[C@@H]2CCC[C@]2(C)F)cc(C(C)(C)O)c1. The smallest absolute Gasteiger partial charge is 0.311 e. The number of benzene rings is 1. The van der Waals surface area contributed by atoms with Gasteiger partial charge in [0.1, 0.15) is 11.4 Å². The molecule has 0 heterocycles. The van der Waals surface area contributed by atoms with Crippen LogP contribution in [0.2, 0.25) is 0 Å². The highest BCUT2D eigenvalue weighted by atomic mass is 19.1. The fraction of sp³-hybridized carbons (Fsp3) is 0.650. The number of halogens is 1. The second-order valence-electron chi connectivity index (χ2n) is 8.41. The molecule has 0 aliphatic heterocycles. The molecule has 2 N–H and O–H groups in total. The summed E-state index contributed by atoms with van der Waals surface area (Å²) in [6.07, 6.45) is 1.96. The van der Waals surface area contributed by atoms with Gasteiger partial charge < -0.3 is 14.9 Å². The van der Waals surface area contributed by atoms with E-state index in [4.69, 9.17) is 4.74 Å². The number of ether oxygens (including phenoxy) is 1. The van der Waals surface area contributed by atoms with Gasteiger partial charge in [0.25, 0.3) is 0 Å². The van der Waals surface area contributed by atoms with Crippen molar-refractivity contribution in [3.8, 4) is 5.75 Å². The molecule has 25 heavy (non-hydrogen) atoms. The van der Waals surface area contributed by atoms with E-state index in [9.17, 15) is 19.4 Å². The van der Waals surface area contributed by atoms with Crippen LogP contribution in [0.3, 0.4) is 0 Å². The first kappa shape index (κ1) is 19.9. The maximum Gasteiger partial charge on any atom is 0.311 e. The number of alkyl halides is 1. The number of carbonyl (C=O) groups excluding carboxylic acids is 1. The average molecular weight is 352 g/mol. The summed E-state index contributed by atoms with van der Waals surface area (Å²) in [6, 6.07) is 4.85. The van der Waals surface area contributed by atoms with E-state index in [1.807, 2.05) is 0 Å². The minimum absolute atomic E-state index is 0.0254. The van der Waals surface area contributed by atoms with Crippen LogP contribution >= 0.6 is 0 Å². The second-order valence-corrected chi connectivity index (χ2v) is 8.41. The first-order valence-corrected chi connectivity index (χ1v) is 8.79. The van der Waals surface area contributed by atoms with E-state index in [0.717, 1.165) is 6.42 Å². The molecule has 0 spiro atoms. The molecule has 140 valence electrons. The Balaban J connectivity index is 2.22. The van der Waals surface area contributed by atoms with Crippen molar-refractivity contribution in [3.63, 3.8) is 0 Å². The van der Waals surface area contributed by atoms with Crippen molar-refractivity contribution in [3.05, 3.63) is 29.3 Å². The molecule has 1 fully saturated rings. The molecule has 0 radical (unpaired) electrons. The van der Waals surface area contributed by atoms with Crippen LogP contribution in [-0.2, 0) is 16.0 Å². The molecule has 0 unspecified atom stereocenters. The van der Waals surface area contributed by atoms with Crippen LogP contribution in [0, 0.1) is 5.92 Å². The van der Waals surface area contributed by atoms with Crippen molar-refractivity contribution in [2.45, 2.75) is 77.2 Å². The quantitative estimate of drug-likeness (QED) is 0.622. The Kier molecular flexibility index (Phi) is 5.31. The largest absolute Gasteiger partial charge is 0.426 e. The molecule has 0 amide bonds. The molecule has 5 heteroatoms. The van der Waals surface area contributed by atoms with E-state index in [1.54, 1.807) is 52.8 Å². The molecule has 1 aromatic rings. The van der Waals surface area contributed by atoms with Gasteiger partial charge in [-0.2, -0.15) is 0 Å². The van der Waals surface area contributed by atoms with E-state index < -0.39 is 22.8 Å². The number of hydrogen-bond acceptors (Lipinski definition) is 4. The van der Waals surface area contributed by atoms with Crippen LogP contribution in [0.15, 0.2) is 18.2 Å². The third-order valence-electron chi connectivity index (χ3n) is 5.03. The summed E-state index contributed by atoms with van der Waals surface area (Å²) >= 11 is 0.